The van der Waals surface area contributed by atoms with Crippen molar-refractivity contribution in [2.45, 2.75) is 12.6 Å². The van der Waals surface area contributed by atoms with Crippen LogP contribution in [0, 0.1) is 0 Å². The summed E-state index contributed by atoms with van der Waals surface area (Å²) in [6.45, 7) is 0. The summed E-state index contributed by atoms with van der Waals surface area (Å²) in [5, 5.41) is 0. The Morgan fingerprint density at radius 2 is 1.60 bits per heavy atom. The average molecular weight is 354 g/mol. The van der Waals surface area contributed by atoms with Gasteiger partial charge in [0.25, 0.3) is 6.43 Å². The maximum absolute atomic E-state index is 12.4. The first-order chi connectivity index (χ1) is 6.73. The minimum atomic E-state index is -4.66. The standard InChI is InChI=1S/C8H3Br2F5/c9-3-1-4(7(11)12)6(10)5(2-3)8(13,14)15/h1-2,7H. The lowest BCUT2D eigenvalue weighted by atomic mass is 10.1. The summed E-state index contributed by atoms with van der Waals surface area (Å²) in [4.78, 5) is 0. The fraction of sp³-hybridized carbons (Fsp3) is 0.250. The molecule has 0 aliphatic rings. The monoisotopic (exact) mass is 352 g/mol. The molecule has 0 aliphatic carbocycles. The fourth-order valence-corrected chi connectivity index (χ4v) is 2.08. The second-order valence-corrected chi connectivity index (χ2v) is 4.36. The Labute approximate surface area is 98.7 Å². The van der Waals surface area contributed by atoms with Crippen molar-refractivity contribution in [2.24, 2.45) is 0 Å². The summed E-state index contributed by atoms with van der Waals surface area (Å²) in [6.07, 6.45) is -7.62. The highest BCUT2D eigenvalue weighted by atomic mass is 79.9. The molecule has 0 bridgehead atoms. The lowest BCUT2D eigenvalue weighted by molar-refractivity contribution is -0.138. The van der Waals surface area contributed by atoms with E-state index in [4.69, 9.17) is 0 Å². The van der Waals surface area contributed by atoms with E-state index < -0.39 is 28.2 Å². The maximum atomic E-state index is 12.4. The predicted molar refractivity (Wildman–Crippen MR) is 51.8 cm³/mol. The van der Waals surface area contributed by atoms with Crippen molar-refractivity contribution in [1.29, 1.82) is 0 Å². The Kier molecular flexibility index (Phi) is 3.76. The Morgan fingerprint density at radius 3 is 2.00 bits per heavy atom. The summed E-state index contributed by atoms with van der Waals surface area (Å²) in [5.41, 5.74) is -1.80. The van der Waals surface area contributed by atoms with Crippen molar-refractivity contribution in [3.63, 3.8) is 0 Å². The molecule has 0 heterocycles. The van der Waals surface area contributed by atoms with Gasteiger partial charge in [-0.15, -0.1) is 0 Å². The number of hydrogen-bond acceptors (Lipinski definition) is 0. The topological polar surface area (TPSA) is 0 Å². The van der Waals surface area contributed by atoms with E-state index in [0.29, 0.717) is 0 Å². The van der Waals surface area contributed by atoms with Crippen LogP contribution in [0.2, 0.25) is 0 Å². The molecule has 0 amide bonds. The number of benzene rings is 1. The lowest BCUT2D eigenvalue weighted by Crippen LogP contribution is -2.07. The molecule has 0 unspecified atom stereocenters. The lowest BCUT2D eigenvalue weighted by Gasteiger charge is -2.13. The van der Waals surface area contributed by atoms with E-state index in [1.54, 1.807) is 0 Å². The number of alkyl halides is 5. The molecule has 0 aliphatic heterocycles. The van der Waals surface area contributed by atoms with Gasteiger partial charge in [0.1, 0.15) is 0 Å². The van der Waals surface area contributed by atoms with E-state index in [1.165, 1.54) is 0 Å². The fourth-order valence-electron chi connectivity index (χ4n) is 0.975. The second kappa shape index (κ2) is 4.37. The van der Waals surface area contributed by atoms with Crippen molar-refractivity contribution < 1.29 is 22.0 Å². The predicted octanol–water partition coefficient (Wildman–Crippen LogP) is 5.17. The van der Waals surface area contributed by atoms with Crippen LogP contribution in [0.4, 0.5) is 22.0 Å². The van der Waals surface area contributed by atoms with Gasteiger partial charge in [0, 0.05) is 14.5 Å². The van der Waals surface area contributed by atoms with Gasteiger partial charge in [0.05, 0.1) is 5.56 Å². The smallest absolute Gasteiger partial charge is 0.205 e. The van der Waals surface area contributed by atoms with E-state index >= 15 is 0 Å². The van der Waals surface area contributed by atoms with Crippen molar-refractivity contribution in [3.05, 3.63) is 32.2 Å². The van der Waals surface area contributed by atoms with E-state index in [-0.39, 0.29) is 4.47 Å². The molecule has 0 N–H and O–H groups in total. The Balaban J connectivity index is 3.42. The van der Waals surface area contributed by atoms with E-state index in [2.05, 4.69) is 31.9 Å². The third-order valence-electron chi connectivity index (χ3n) is 1.61. The van der Waals surface area contributed by atoms with Gasteiger partial charge >= 0.3 is 6.18 Å². The third-order valence-corrected chi connectivity index (χ3v) is 2.95. The molecule has 0 atom stereocenters. The zero-order chi connectivity index (χ0) is 11.8. The first-order valence-corrected chi connectivity index (χ1v) is 5.16. The van der Waals surface area contributed by atoms with Gasteiger partial charge in [-0.2, -0.15) is 13.2 Å². The van der Waals surface area contributed by atoms with Crippen molar-refractivity contribution in [3.8, 4) is 0 Å². The van der Waals surface area contributed by atoms with Crippen LogP contribution >= 0.6 is 31.9 Å². The summed E-state index contributed by atoms with van der Waals surface area (Å²) >= 11 is 5.28. The maximum Gasteiger partial charge on any atom is 0.417 e. The van der Waals surface area contributed by atoms with Crippen LogP contribution in [0.15, 0.2) is 21.1 Å². The third kappa shape index (κ3) is 2.90. The highest BCUT2D eigenvalue weighted by Gasteiger charge is 2.35. The van der Waals surface area contributed by atoms with Gasteiger partial charge in [0.2, 0.25) is 0 Å². The van der Waals surface area contributed by atoms with E-state index in [0.717, 1.165) is 12.1 Å². The van der Waals surface area contributed by atoms with Crippen LogP contribution < -0.4 is 0 Å². The quantitative estimate of drug-likeness (QED) is 0.611. The minimum absolute atomic E-state index is 0.0340. The van der Waals surface area contributed by atoms with Gasteiger partial charge in [-0.25, -0.2) is 8.78 Å². The summed E-state index contributed by atoms with van der Waals surface area (Å²) < 4.78 is 61.2. The highest BCUT2D eigenvalue weighted by molar-refractivity contribution is 9.11. The largest absolute Gasteiger partial charge is 0.417 e. The molecule has 0 nitrogen and oxygen atoms in total. The Hall–Kier alpha value is -0.170. The molecule has 84 valence electrons. The summed E-state index contributed by atoms with van der Waals surface area (Å²) in [5.74, 6) is 0. The molecule has 1 aromatic carbocycles. The van der Waals surface area contributed by atoms with Crippen LogP contribution in [0.5, 0.6) is 0 Å². The van der Waals surface area contributed by atoms with Crippen LogP contribution in [-0.2, 0) is 6.18 Å². The number of halogens is 7. The molecule has 0 fully saturated rings. The number of hydrogen-bond donors (Lipinski definition) is 0. The molecule has 0 saturated heterocycles. The van der Waals surface area contributed by atoms with Crippen molar-refractivity contribution in [2.75, 3.05) is 0 Å². The van der Waals surface area contributed by atoms with Crippen LogP contribution in [0.3, 0.4) is 0 Å². The molecule has 15 heavy (non-hydrogen) atoms. The van der Waals surface area contributed by atoms with Gasteiger partial charge in [-0.05, 0) is 28.1 Å². The second-order valence-electron chi connectivity index (χ2n) is 2.66. The molecule has 0 spiro atoms. The molecule has 1 rings (SSSR count). The van der Waals surface area contributed by atoms with Gasteiger partial charge in [-0.3, -0.25) is 0 Å². The SMILES string of the molecule is FC(F)c1cc(Br)cc(C(F)(F)F)c1Br. The number of rotatable bonds is 1. The summed E-state index contributed by atoms with van der Waals surface area (Å²) in [7, 11) is 0. The molecule has 0 aromatic heterocycles. The van der Waals surface area contributed by atoms with E-state index in [1.807, 2.05) is 0 Å². The first-order valence-electron chi connectivity index (χ1n) is 3.57. The molecule has 1 aromatic rings. The molecular formula is C8H3Br2F5. The van der Waals surface area contributed by atoms with Gasteiger partial charge in [-0.1, -0.05) is 15.9 Å². The molecule has 0 saturated carbocycles. The average Bonchev–Trinajstić information content (AvgIpc) is 2.06. The van der Waals surface area contributed by atoms with Gasteiger partial charge < -0.3 is 0 Å². The van der Waals surface area contributed by atoms with Crippen LogP contribution in [0.25, 0.3) is 0 Å². The molecule has 0 radical (unpaired) electrons. The van der Waals surface area contributed by atoms with Crippen molar-refractivity contribution >= 4 is 31.9 Å². The Bertz CT molecular complexity index is 372. The van der Waals surface area contributed by atoms with Crippen LogP contribution in [-0.4, -0.2) is 0 Å². The summed E-state index contributed by atoms with van der Waals surface area (Å²) in [6, 6.07) is 1.69. The minimum Gasteiger partial charge on any atom is -0.205 e. The Morgan fingerprint density at radius 1 is 1.07 bits per heavy atom. The zero-order valence-corrected chi connectivity index (χ0v) is 10.0. The molecular weight excluding hydrogens is 351 g/mol. The molecule has 7 heteroatoms. The van der Waals surface area contributed by atoms with Crippen molar-refractivity contribution in [1.82, 2.24) is 0 Å². The first kappa shape index (κ1) is 12.9. The normalized spacial score (nSPS) is 12.3. The highest BCUT2D eigenvalue weighted by Crippen LogP contribution is 2.41. The van der Waals surface area contributed by atoms with Gasteiger partial charge in [0.15, 0.2) is 0 Å². The van der Waals surface area contributed by atoms with Crippen LogP contribution in [0.1, 0.15) is 17.6 Å². The zero-order valence-electron chi connectivity index (χ0n) is 6.88. The van der Waals surface area contributed by atoms with E-state index in [9.17, 15) is 22.0 Å².